The lowest BCUT2D eigenvalue weighted by Crippen LogP contribution is -2.05. The summed E-state index contributed by atoms with van der Waals surface area (Å²) in [5, 5.41) is 18.0. The molecule has 1 aromatic rings. The number of hydrogen-bond donors (Lipinski definition) is 3. The van der Waals surface area contributed by atoms with Gasteiger partial charge in [0.15, 0.2) is 0 Å². The van der Waals surface area contributed by atoms with Crippen molar-refractivity contribution in [2.45, 2.75) is 13.8 Å². The Morgan fingerprint density at radius 3 is 2.38 bits per heavy atom. The SMILES string of the molecule is Cc1c(O)cc(C(=O)O)c(N)c1C. The first kappa shape index (κ1) is 9.38. The van der Waals surface area contributed by atoms with Crippen molar-refractivity contribution in [2.24, 2.45) is 0 Å². The van der Waals surface area contributed by atoms with Gasteiger partial charge in [0.2, 0.25) is 0 Å². The molecule has 4 N–H and O–H groups in total. The standard InChI is InChI=1S/C9H11NO3/c1-4-5(2)8(10)6(9(12)13)3-7(4)11/h3,11H,10H2,1-2H3,(H,12,13). The summed E-state index contributed by atoms with van der Waals surface area (Å²) in [4.78, 5) is 10.6. The molecule has 0 aliphatic carbocycles. The summed E-state index contributed by atoms with van der Waals surface area (Å²) in [5.74, 6) is -1.17. The fourth-order valence-corrected chi connectivity index (χ4v) is 1.10. The molecule has 70 valence electrons. The monoisotopic (exact) mass is 181 g/mol. The summed E-state index contributed by atoms with van der Waals surface area (Å²) < 4.78 is 0. The minimum Gasteiger partial charge on any atom is -0.508 e. The number of hydrogen-bond acceptors (Lipinski definition) is 3. The average molecular weight is 181 g/mol. The molecule has 0 saturated heterocycles. The third-order valence-corrected chi connectivity index (χ3v) is 2.15. The van der Waals surface area contributed by atoms with Gasteiger partial charge >= 0.3 is 5.97 Å². The van der Waals surface area contributed by atoms with Crippen LogP contribution in [0.4, 0.5) is 5.69 Å². The average Bonchev–Trinajstić information content (AvgIpc) is 2.07. The van der Waals surface area contributed by atoms with E-state index in [-0.39, 0.29) is 17.0 Å². The summed E-state index contributed by atoms with van der Waals surface area (Å²) in [6, 6.07) is 1.17. The van der Waals surface area contributed by atoms with Gasteiger partial charge in [-0.05, 0) is 31.0 Å². The zero-order chi connectivity index (χ0) is 10.2. The number of rotatable bonds is 1. The molecule has 0 aromatic heterocycles. The van der Waals surface area contributed by atoms with Gasteiger partial charge in [0.1, 0.15) is 5.75 Å². The van der Waals surface area contributed by atoms with E-state index < -0.39 is 5.97 Å². The number of nitrogen functional groups attached to an aromatic ring is 1. The minimum atomic E-state index is -1.13. The quantitative estimate of drug-likeness (QED) is 0.450. The number of phenols is 1. The van der Waals surface area contributed by atoms with Gasteiger partial charge in [-0.2, -0.15) is 0 Å². The molecule has 0 amide bonds. The van der Waals surface area contributed by atoms with E-state index in [1.165, 1.54) is 6.07 Å². The fourth-order valence-electron chi connectivity index (χ4n) is 1.10. The number of phenolic OH excluding ortho intramolecular Hbond substituents is 1. The number of nitrogens with two attached hydrogens (primary N) is 1. The molecule has 1 aromatic carbocycles. The maximum Gasteiger partial charge on any atom is 0.337 e. The number of anilines is 1. The molecular formula is C9H11NO3. The number of carboxylic acid groups (broad SMARTS) is 1. The number of carbonyl (C=O) groups is 1. The molecule has 0 aliphatic rings. The summed E-state index contributed by atoms with van der Waals surface area (Å²) in [6.45, 7) is 3.36. The highest BCUT2D eigenvalue weighted by atomic mass is 16.4. The molecule has 4 heteroatoms. The largest absolute Gasteiger partial charge is 0.508 e. The van der Waals surface area contributed by atoms with Gasteiger partial charge in [-0.1, -0.05) is 0 Å². The van der Waals surface area contributed by atoms with Crippen LogP contribution >= 0.6 is 0 Å². The summed E-state index contributed by atoms with van der Waals surface area (Å²) >= 11 is 0. The van der Waals surface area contributed by atoms with Crippen LogP contribution in [0.15, 0.2) is 6.07 Å². The Labute approximate surface area is 75.6 Å². The van der Waals surface area contributed by atoms with Gasteiger partial charge < -0.3 is 15.9 Å². The van der Waals surface area contributed by atoms with Crippen molar-refractivity contribution < 1.29 is 15.0 Å². The van der Waals surface area contributed by atoms with Crippen LogP contribution < -0.4 is 5.73 Å². The number of aromatic carboxylic acids is 1. The highest BCUT2D eigenvalue weighted by molar-refractivity contribution is 5.95. The van der Waals surface area contributed by atoms with Crippen molar-refractivity contribution in [1.82, 2.24) is 0 Å². The second kappa shape index (κ2) is 2.97. The minimum absolute atomic E-state index is 0.0379. The van der Waals surface area contributed by atoms with E-state index in [0.717, 1.165) is 0 Å². The van der Waals surface area contributed by atoms with E-state index in [2.05, 4.69) is 0 Å². The van der Waals surface area contributed by atoms with Crippen LogP contribution in [0.5, 0.6) is 5.75 Å². The van der Waals surface area contributed by atoms with E-state index in [1.807, 2.05) is 0 Å². The van der Waals surface area contributed by atoms with Crippen LogP contribution in [-0.2, 0) is 0 Å². The lowest BCUT2D eigenvalue weighted by Gasteiger charge is -2.09. The summed E-state index contributed by atoms with van der Waals surface area (Å²) in [6.07, 6.45) is 0. The van der Waals surface area contributed by atoms with Gasteiger partial charge in [0.05, 0.1) is 5.56 Å². The van der Waals surface area contributed by atoms with Crippen LogP contribution in [0.2, 0.25) is 0 Å². The normalized spacial score (nSPS) is 10.0. The van der Waals surface area contributed by atoms with Crippen molar-refractivity contribution >= 4 is 11.7 Å². The van der Waals surface area contributed by atoms with Gasteiger partial charge in [-0.15, -0.1) is 0 Å². The topological polar surface area (TPSA) is 83.5 Å². The van der Waals surface area contributed by atoms with E-state index in [1.54, 1.807) is 13.8 Å². The van der Waals surface area contributed by atoms with Crippen molar-refractivity contribution in [3.8, 4) is 5.75 Å². The smallest absolute Gasteiger partial charge is 0.337 e. The van der Waals surface area contributed by atoms with Crippen molar-refractivity contribution in [1.29, 1.82) is 0 Å². The first-order valence-corrected chi connectivity index (χ1v) is 3.77. The molecular weight excluding hydrogens is 170 g/mol. The Kier molecular flexibility index (Phi) is 2.14. The van der Waals surface area contributed by atoms with Crippen LogP contribution in [0.1, 0.15) is 21.5 Å². The maximum atomic E-state index is 10.6. The fraction of sp³-hybridized carbons (Fsp3) is 0.222. The summed E-state index contributed by atoms with van der Waals surface area (Å²) in [7, 11) is 0. The molecule has 0 bridgehead atoms. The zero-order valence-electron chi connectivity index (χ0n) is 7.46. The second-order valence-electron chi connectivity index (χ2n) is 2.91. The molecule has 0 fully saturated rings. The Bertz CT molecular complexity index is 372. The molecule has 0 unspecified atom stereocenters. The van der Waals surface area contributed by atoms with E-state index in [0.29, 0.717) is 11.1 Å². The van der Waals surface area contributed by atoms with Gasteiger partial charge in [0, 0.05) is 5.69 Å². The van der Waals surface area contributed by atoms with Crippen molar-refractivity contribution in [3.63, 3.8) is 0 Å². The van der Waals surface area contributed by atoms with Crippen LogP contribution in [0.25, 0.3) is 0 Å². The van der Waals surface area contributed by atoms with Gasteiger partial charge in [-0.3, -0.25) is 0 Å². The Morgan fingerprint density at radius 2 is 1.92 bits per heavy atom. The third kappa shape index (κ3) is 1.42. The first-order chi connectivity index (χ1) is 5.95. The molecule has 0 saturated carbocycles. The molecule has 0 spiro atoms. The third-order valence-electron chi connectivity index (χ3n) is 2.15. The molecule has 0 radical (unpaired) electrons. The Morgan fingerprint density at radius 1 is 1.38 bits per heavy atom. The summed E-state index contributed by atoms with van der Waals surface area (Å²) in [5.41, 5.74) is 6.94. The van der Waals surface area contributed by atoms with Gasteiger partial charge in [-0.25, -0.2) is 4.79 Å². The molecule has 0 heterocycles. The molecule has 0 atom stereocenters. The maximum absolute atomic E-state index is 10.6. The number of aromatic hydroxyl groups is 1. The van der Waals surface area contributed by atoms with Crippen LogP contribution in [-0.4, -0.2) is 16.2 Å². The predicted molar refractivity (Wildman–Crippen MR) is 49.0 cm³/mol. The predicted octanol–water partition coefficient (Wildman–Crippen LogP) is 1.29. The number of carboxylic acids is 1. The lowest BCUT2D eigenvalue weighted by atomic mass is 10.0. The first-order valence-electron chi connectivity index (χ1n) is 3.77. The highest BCUT2D eigenvalue weighted by Gasteiger charge is 2.14. The molecule has 1 rings (SSSR count). The van der Waals surface area contributed by atoms with Crippen LogP contribution in [0, 0.1) is 13.8 Å². The van der Waals surface area contributed by atoms with Crippen molar-refractivity contribution in [3.05, 3.63) is 22.8 Å². The molecule has 4 nitrogen and oxygen atoms in total. The molecule has 13 heavy (non-hydrogen) atoms. The second-order valence-corrected chi connectivity index (χ2v) is 2.91. The Hall–Kier alpha value is -1.71. The highest BCUT2D eigenvalue weighted by Crippen LogP contribution is 2.28. The van der Waals surface area contributed by atoms with E-state index in [4.69, 9.17) is 10.8 Å². The number of benzene rings is 1. The van der Waals surface area contributed by atoms with Crippen molar-refractivity contribution in [2.75, 3.05) is 5.73 Å². The molecule has 0 aliphatic heterocycles. The Balaban J connectivity index is 3.50. The van der Waals surface area contributed by atoms with Gasteiger partial charge in [0.25, 0.3) is 0 Å². The van der Waals surface area contributed by atoms with Crippen LogP contribution in [0.3, 0.4) is 0 Å². The lowest BCUT2D eigenvalue weighted by molar-refractivity contribution is 0.0697. The zero-order valence-corrected chi connectivity index (χ0v) is 7.46. The van der Waals surface area contributed by atoms with E-state index >= 15 is 0 Å². The van der Waals surface area contributed by atoms with E-state index in [9.17, 15) is 9.90 Å².